The standard InChI is InChI=1S/C14H16FN7O/c1-4-9-11(15)12(17-8-16-9)21(3)7-10-18-19-13-14(23)20(2)5-6-22(10)13/h5-6,8H,4,7H2,1-3H3. The number of aromatic nitrogens is 6. The first kappa shape index (κ1) is 15.1. The lowest BCUT2D eigenvalue weighted by Gasteiger charge is -2.18. The predicted octanol–water partition coefficient (Wildman–Crippen LogP) is 0.556. The maximum atomic E-state index is 14.3. The molecule has 3 aromatic heterocycles. The Morgan fingerprint density at radius 2 is 2.04 bits per heavy atom. The third kappa shape index (κ3) is 2.54. The van der Waals surface area contributed by atoms with Gasteiger partial charge in [-0.25, -0.2) is 14.4 Å². The zero-order valence-corrected chi connectivity index (χ0v) is 13.1. The lowest BCUT2D eigenvalue weighted by molar-refractivity contribution is 0.586. The van der Waals surface area contributed by atoms with E-state index in [4.69, 9.17) is 0 Å². The van der Waals surface area contributed by atoms with Gasteiger partial charge in [-0.3, -0.25) is 9.20 Å². The maximum Gasteiger partial charge on any atom is 0.295 e. The Morgan fingerprint density at radius 3 is 2.78 bits per heavy atom. The van der Waals surface area contributed by atoms with Crippen LogP contribution < -0.4 is 10.5 Å². The summed E-state index contributed by atoms with van der Waals surface area (Å²) in [6, 6.07) is 0. The van der Waals surface area contributed by atoms with Crippen LogP contribution in [-0.4, -0.2) is 36.2 Å². The van der Waals surface area contributed by atoms with Crippen LogP contribution >= 0.6 is 0 Å². The molecule has 0 spiro atoms. The van der Waals surface area contributed by atoms with Gasteiger partial charge >= 0.3 is 0 Å². The molecule has 0 aromatic carbocycles. The minimum Gasteiger partial charge on any atom is -0.350 e. The lowest BCUT2D eigenvalue weighted by Crippen LogP contribution is -2.23. The van der Waals surface area contributed by atoms with Gasteiger partial charge in [-0.2, -0.15) is 0 Å². The van der Waals surface area contributed by atoms with Crippen LogP contribution in [0.4, 0.5) is 10.2 Å². The Kier molecular flexibility index (Phi) is 3.77. The normalized spacial score (nSPS) is 11.1. The predicted molar refractivity (Wildman–Crippen MR) is 81.7 cm³/mol. The van der Waals surface area contributed by atoms with Crippen molar-refractivity contribution < 1.29 is 4.39 Å². The van der Waals surface area contributed by atoms with E-state index in [1.54, 1.807) is 35.8 Å². The molecule has 3 aromatic rings. The number of nitrogens with zero attached hydrogens (tertiary/aromatic N) is 7. The highest BCUT2D eigenvalue weighted by Crippen LogP contribution is 2.18. The van der Waals surface area contributed by atoms with E-state index in [1.807, 2.05) is 6.92 Å². The van der Waals surface area contributed by atoms with Gasteiger partial charge in [0.2, 0.25) is 5.65 Å². The van der Waals surface area contributed by atoms with Crippen molar-refractivity contribution in [2.75, 3.05) is 11.9 Å². The van der Waals surface area contributed by atoms with Gasteiger partial charge in [-0.1, -0.05) is 6.92 Å². The number of rotatable bonds is 4. The van der Waals surface area contributed by atoms with Crippen molar-refractivity contribution in [1.29, 1.82) is 0 Å². The van der Waals surface area contributed by atoms with E-state index in [2.05, 4.69) is 20.2 Å². The number of halogens is 1. The number of aryl methyl sites for hydroxylation is 2. The first-order valence-electron chi connectivity index (χ1n) is 7.12. The highest BCUT2D eigenvalue weighted by atomic mass is 19.1. The molecule has 0 aliphatic carbocycles. The van der Waals surface area contributed by atoms with Crippen molar-refractivity contribution >= 4 is 11.5 Å². The van der Waals surface area contributed by atoms with Crippen molar-refractivity contribution in [1.82, 2.24) is 29.1 Å². The van der Waals surface area contributed by atoms with Gasteiger partial charge in [0.25, 0.3) is 5.56 Å². The van der Waals surface area contributed by atoms with E-state index >= 15 is 0 Å². The van der Waals surface area contributed by atoms with Crippen LogP contribution in [0.5, 0.6) is 0 Å². The molecule has 8 nitrogen and oxygen atoms in total. The van der Waals surface area contributed by atoms with Gasteiger partial charge in [0.1, 0.15) is 6.33 Å². The highest BCUT2D eigenvalue weighted by molar-refractivity contribution is 5.41. The summed E-state index contributed by atoms with van der Waals surface area (Å²) in [5.74, 6) is 0.274. The Bertz CT molecular complexity index is 917. The summed E-state index contributed by atoms with van der Waals surface area (Å²) < 4.78 is 17.3. The average molecular weight is 317 g/mol. The molecular formula is C14H16FN7O. The molecule has 0 bridgehead atoms. The third-order valence-corrected chi connectivity index (χ3v) is 3.64. The Labute approximate surface area is 131 Å². The summed E-state index contributed by atoms with van der Waals surface area (Å²) >= 11 is 0. The van der Waals surface area contributed by atoms with Crippen LogP contribution in [-0.2, 0) is 20.0 Å². The van der Waals surface area contributed by atoms with E-state index in [9.17, 15) is 9.18 Å². The zero-order valence-electron chi connectivity index (χ0n) is 13.1. The summed E-state index contributed by atoms with van der Waals surface area (Å²) in [6.45, 7) is 2.09. The molecule has 0 amide bonds. The molecule has 23 heavy (non-hydrogen) atoms. The van der Waals surface area contributed by atoms with Crippen molar-refractivity contribution in [3.8, 4) is 0 Å². The Balaban J connectivity index is 1.96. The number of fused-ring (bicyclic) bond motifs is 1. The molecular weight excluding hydrogens is 301 g/mol. The fraction of sp³-hybridized carbons (Fsp3) is 0.357. The smallest absolute Gasteiger partial charge is 0.295 e. The molecule has 0 aliphatic rings. The van der Waals surface area contributed by atoms with E-state index < -0.39 is 5.82 Å². The van der Waals surface area contributed by atoms with Crippen molar-refractivity contribution in [2.45, 2.75) is 19.9 Å². The first-order valence-corrected chi connectivity index (χ1v) is 7.12. The topological polar surface area (TPSA) is 81.2 Å². The van der Waals surface area contributed by atoms with Gasteiger partial charge in [0, 0.05) is 26.5 Å². The Hall–Kier alpha value is -2.84. The van der Waals surface area contributed by atoms with E-state index in [0.29, 0.717) is 17.9 Å². The molecule has 0 aliphatic heterocycles. The lowest BCUT2D eigenvalue weighted by atomic mass is 10.3. The summed E-state index contributed by atoms with van der Waals surface area (Å²) in [6.07, 6.45) is 5.15. The van der Waals surface area contributed by atoms with E-state index in [1.165, 1.54) is 10.9 Å². The Morgan fingerprint density at radius 1 is 1.26 bits per heavy atom. The summed E-state index contributed by atoms with van der Waals surface area (Å²) in [5.41, 5.74) is 0.355. The monoisotopic (exact) mass is 317 g/mol. The SMILES string of the molecule is CCc1ncnc(N(C)Cc2nnc3c(=O)n(C)ccn23)c1F. The van der Waals surface area contributed by atoms with E-state index in [0.717, 1.165) is 0 Å². The minimum absolute atomic E-state index is 0.192. The molecule has 9 heteroatoms. The average Bonchev–Trinajstić information content (AvgIpc) is 2.94. The second kappa shape index (κ2) is 5.75. The van der Waals surface area contributed by atoms with Gasteiger partial charge in [0.05, 0.1) is 12.2 Å². The summed E-state index contributed by atoms with van der Waals surface area (Å²) in [4.78, 5) is 21.5. The zero-order chi connectivity index (χ0) is 16.6. The molecule has 0 atom stereocenters. The second-order valence-corrected chi connectivity index (χ2v) is 5.19. The number of hydrogen-bond acceptors (Lipinski definition) is 6. The minimum atomic E-state index is -0.442. The second-order valence-electron chi connectivity index (χ2n) is 5.19. The molecule has 0 unspecified atom stereocenters. The van der Waals surface area contributed by atoms with E-state index in [-0.39, 0.29) is 23.6 Å². The van der Waals surface area contributed by atoms with Gasteiger partial charge in [0.15, 0.2) is 17.5 Å². The molecule has 0 radical (unpaired) electrons. The highest BCUT2D eigenvalue weighted by Gasteiger charge is 2.17. The molecule has 0 saturated heterocycles. The van der Waals surface area contributed by atoms with Crippen molar-refractivity contribution in [3.05, 3.63) is 46.4 Å². The van der Waals surface area contributed by atoms with Gasteiger partial charge in [-0.05, 0) is 6.42 Å². The quantitative estimate of drug-likeness (QED) is 0.699. The molecule has 0 N–H and O–H groups in total. The van der Waals surface area contributed by atoms with Crippen LogP contribution in [0, 0.1) is 5.82 Å². The van der Waals surface area contributed by atoms with Crippen LogP contribution in [0.2, 0.25) is 0 Å². The molecule has 120 valence electrons. The molecule has 3 rings (SSSR count). The van der Waals surface area contributed by atoms with Crippen molar-refractivity contribution in [3.63, 3.8) is 0 Å². The summed E-state index contributed by atoms with van der Waals surface area (Å²) in [5, 5.41) is 7.94. The third-order valence-electron chi connectivity index (χ3n) is 3.64. The largest absolute Gasteiger partial charge is 0.350 e. The van der Waals surface area contributed by atoms with Crippen LogP contribution in [0.1, 0.15) is 18.4 Å². The van der Waals surface area contributed by atoms with Gasteiger partial charge in [-0.15, -0.1) is 10.2 Å². The fourth-order valence-electron chi connectivity index (χ4n) is 2.32. The van der Waals surface area contributed by atoms with Crippen molar-refractivity contribution in [2.24, 2.45) is 7.05 Å². The maximum absolute atomic E-state index is 14.3. The molecule has 0 fully saturated rings. The fourth-order valence-corrected chi connectivity index (χ4v) is 2.32. The number of hydrogen-bond donors (Lipinski definition) is 0. The molecule has 3 heterocycles. The van der Waals surface area contributed by atoms with Crippen LogP contribution in [0.25, 0.3) is 5.65 Å². The van der Waals surface area contributed by atoms with Crippen LogP contribution in [0.3, 0.4) is 0 Å². The summed E-state index contributed by atoms with van der Waals surface area (Å²) in [7, 11) is 3.35. The molecule has 0 saturated carbocycles. The first-order chi connectivity index (χ1) is 11.0. The number of anilines is 1. The van der Waals surface area contributed by atoms with Crippen LogP contribution in [0.15, 0.2) is 23.5 Å². The van der Waals surface area contributed by atoms with Gasteiger partial charge < -0.3 is 9.47 Å².